The molecular weight excluding hydrogens is 367 g/mol. The van der Waals surface area contributed by atoms with Crippen molar-refractivity contribution in [2.45, 2.75) is 19.0 Å². The minimum absolute atomic E-state index is 0. The molecule has 9 heteroatoms. The van der Waals surface area contributed by atoms with Gasteiger partial charge in [-0.15, -0.1) is 24.8 Å². The van der Waals surface area contributed by atoms with Gasteiger partial charge in [-0.1, -0.05) is 0 Å². The number of methoxy groups -OCH3 is 2. The largest absolute Gasteiger partial charge is 0.497 e. The Hall–Kier alpha value is -1.96. The summed E-state index contributed by atoms with van der Waals surface area (Å²) in [6, 6.07) is 4.36. The number of aromatic nitrogens is 2. The van der Waals surface area contributed by atoms with E-state index in [0.29, 0.717) is 17.3 Å². The van der Waals surface area contributed by atoms with E-state index in [9.17, 15) is 4.79 Å². The van der Waals surface area contributed by atoms with Crippen LogP contribution in [0.2, 0.25) is 0 Å². The summed E-state index contributed by atoms with van der Waals surface area (Å²) in [6.07, 6.45) is 3.50. The summed E-state index contributed by atoms with van der Waals surface area (Å²) in [6.45, 7) is 1.64. The highest BCUT2D eigenvalue weighted by atomic mass is 35.5. The van der Waals surface area contributed by atoms with E-state index in [0.717, 1.165) is 5.56 Å². The molecule has 140 valence electrons. The predicted molar refractivity (Wildman–Crippen MR) is 101 cm³/mol. The molecule has 0 fully saturated rings. The van der Waals surface area contributed by atoms with Crippen LogP contribution >= 0.6 is 24.8 Å². The standard InChI is InChI=1S/C16H22N4O3.2ClH/c1-10(17)16(21)19-14(15-18-5-6-20(15)2)11-7-12(22-3)9-13(8-11)23-4;;/h5-10,14H,17H2,1-4H3,(H,19,21);2*1H/t10-,14?;;/m1../s1. The number of carbonyl (C=O) groups is 1. The summed E-state index contributed by atoms with van der Waals surface area (Å²) in [5.74, 6) is 1.69. The molecular formula is C16H24Cl2N4O3. The fourth-order valence-electron chi connectivity index (χ4n) is 2.22. The predicted octanol–water partition coefficient (Wildman–Crippen LogP) is 1.83. The molecule has 2 aromatic rings. The Morgan fingerprint density at radius 3 is 2.16 bits per heavy atom. The number of halogens is 2. The number of hydrogen-bond donors (Lipinski definition) is 2. The molecule has 1 unspecified atom stereocenters. The maximum Gasteiger partial charge on any atom is 0.237 e. The van der Waals surface area contributed by atoms with Crippen LogP contribution in [0.3, 0.4) is 0 Å². The van der Waals surface area contributed by atoms with Gasteiger partial charge in [-0.25, -0.2) is 4.98 Å². The van der Waals surface area contributed by atoms with Crippen molar-refractivity contribution in [3.05, 3.63) is 42.0 Å². The second-order valence-corrected chi connectivity index (χ2v) is 5.27. The summed E-state index contributed by atoms with van der Waals surface area (Å²) in [5, 5.41) is 2.92. The van der Waals surface area contributed by atoms with Crippen molar-refractivity contribution in [2.75, 3.05) is 14.2 Å². The number of carbonyl (C=O) groups excluding carboxylic acids is 1. The van der Waals surface area contributed by atoms with E-state index >= 15 is 0 Å². The van der Waals surface area contributed by atoms with Crippen molar-refractivity contribution in [2.24, 2.45) is 12.8 Å². The number of nitrogens with zero attached hydrogens (tertiary/aromatic N) is 2. The molecule has 0 radical (unpaired) electrons. The quantitative estimate of drug-likeness (QED) is 0.784. The van der Waals surface area contributed by atoms with Gasteiger partial charge in [-0.3, -0.25) is 4.79 Å². The summed E-state index contributed by atoms with van der Waals surface area (Å²) in [4.78, 5) is 16.4. The Kier molecular flexibility index (Phi) is 9.33. The van der Waals surface area contributed by atoms with Gasteiger partial charge in [0.1, 0.15) is 23.4 Å². The number of nitrogens with one attached hydrogen (secondary N) is 1. The third-order valence-electron chi connectivity index (χ3n) is 3.52. The minimum atomic E-state index is -0.620. The lowest BCUT2D eigenvalue weighted by atomic mass is 10.0. The lowest BCUT2D eigenvalue weighted by Gasteiger charge is -2.21. The molecule has 3 N–H and O–H groups in total. The molecule has 2 rings (SSSR count). The molecule has 1 heterocycles. The Morgan fingerprint density at radius 1 is 1.20 bits per heavy atom. The lowest BCUT2D eigenvalue weighted by Crippen LogP contribution is -2.41. The van der Waals surface area contributed by atoms with E-state index in [2.05, 4.69) is 10.3 Å². The summed E-state index contributed by atoms with van der Waals surface area (Å²) >= 11 is 0. The van der Waals surface area contributed by atoms with Crippen LogP contribution in [0.4, 0.5) is 0 Å². The Morgan fingerprint density at radius 2 is 1.76 bits per heavy atom. The molecule has 0 aliphatic rings. The van der Waals surface area contributed by atoms with E-state index in [-0.39, 0.29) is 30.7 Å². The topological polar surface area (TPSA) is 91.4 Å². The van der Waals surface area contributed by atoms with Crippen molar-refractivity contribution in [3.63, 3.8) is 0 Å². The maximum atomic E-state index is 12.1. The van der Waals surface area contributed by atoms with Crippen molar-refractivity contribution >= 4 is 30.7 Å². The Balaban J connectivity index is 0.00000288. The zero-order valence-electron chi connectivity index (χ0n) is 14.6. The van der Waals surface area contributed by atoms with Crippen LogP contribution in [0.5, 0.6) is 11.5 Å². The third-order valence-corrected chi connectivity index (χ3v) is 3.52. The summed E-state index contributed by atoms with van der Waals surface area (Å²) in [5.41, 5.74) is 6.47. The van der Waals surface area contributed by atoms with Gasteiger partial charge in [0.25, 0.3) is 0 Å². The minimum Gasteiger partial charge on any atom is -0.497 e. The van der Waals surface area contributed by atoms with Gasteiger partial charge < -0.3 is 25.1 Å². The van der Waals surface area contributed by atoms with Crippen LogP contribution in [0.15, 0.2) is 30.6 Å². The van der Waals surface area contributed by atoms with Gasteiger partial charge in [0.15, 0.2) is 0 Å². The first kappa shape index (κ1) is 23.0. The smallest absolute Gasteiger partial charge is 0.237 e. The van der Waals surface area contributed by atoms with Crippen molar-refractivity contribution in [1.82, 2.24) is 14.9 Å². The van der Waals surface area contributed by atoms with Crippen LogP contribution in [0, 0.1) is 0 Å². The lowest BCUT2D eigenvalue weighted by molar-refractivity contribution is -0.122. The molecule has 2 atom stereocenters. The van der Waals surface area contributed by atoms with E-state index in [4.69, 9.17) is 15.2 Å². The summed E-state index contributed by atoms with van der Waals surface area (Å²) in [7, 11) is 5.02. The highest BCUT2D eigenvalue weighted by molar-refractivity contribution is 5.85. The number of rotatable bonds is 6. The molecule has 1 amide bonds. The van der Waals surface area contributed by atoms with Gasteiger partial charge in [0, 0.05) is 25.5 Å². The van der Waals surface area contributed by atoms with Crippen LogP contribution in [0.1, 0.15) is 24.4 Å². The zero-order chi connectivity index (χ0) is 17.0. The molecule has 1 aromatic carbocycles. The fraction of sp³-hybridized carbons (Fsp3) is 0.375. The second kappa shape index (κ2) is 10.1. The van der Waals surface area contributed by atoms with Crippen molar-refractivity contribution in [1.29, 1.82) is 0 Å². The summed E-state index contributed by atoms with van der Waals surface area (Å²) < 4.78 is 12.5. The van der Waals surface area contributed by atoms with E-state index < -0.39 is 12.1 Å². The van der Waals surface area contributed by atoms with Gasteiger partial charge in [0.2, 0.25) is 5.91 Å². The maximum absolute atomic E-state index is 12.1. The van der Waals surface area contributed by atoms with Crippen molar-refractivity contribution < 1.29 is 14.3 Å². The number of ether oxygens (including phenoxy) is 2. The molecule has 25 heavy (non-hydrogen) atoms. The average Bonchev–Trinajstić information content (AvgIpc) is 2.97. The van der Waals surface area contributed by atoms with E-state index in [1.54, 1.807) is 33.4 Å². The second-order valence-electron chi connectivity index (χ2n) is 5.27. The molecule has 0 bridgehead atoms. The van der Waals surface area contributed by atoms with E-state index in [1.165, 1.54) is 0 Å². The Labute approximate surface area is 159 Å². The zero-order valence-corrected chi connectivity index (χ0v) is 16.2. The number of imidazole rings is 1. The normalized spacial score (nSPS) is 12.2. The Bertz CT molecular complexity index is 670. The first-order valence-corrected chi connectivity index (χ1v) is 7.22. The molecule has 0 aliphatic carbocycles. The molecule has 0 aliphatic heterocycles. The van der Waals surface area contributed by atoms with Gasteiger partial charge in [-0.05, 0) is 24.6 Å². The first-order chi connectivity index (χ1) is 11.0. The van der Waals surface area contributed by atoms with Crippen LogP contribution < -0.4 is 20.5 Å². The van der Waals surface area contributed by atoms with Gasteiger partial charge >= 0.3 is 0 Å². The van der Waals surface area contributed by atoms with Crippen LogP contribution in [-0.4, -0.2) is 35.7 Å². The van der Waals surface area contributed by atoms with Gasteiger partial charge in [-0.2, -0.15) is 0 Å². The van der Waals surface area contributed by atoms with Crippen molar-refractivity contribution in [3.8, 4) is 11.5 Å². The van der Waals surface area contributed by atoms with Gasteiger partial charge in [0.05, 0.1) is 20.3 Å². The first-order valence-electron chi connectivity index (χ1n) is 7.22. The number of hydrogen-bond acceptors (Lipinski definition) is 5. The number of aryl methyl sites for hydroxylation is 1. The third kappa shape index (κ3) is 5.52. The molecule has 0 spiro atoms. The highest BCUT2D eigenvalue weighted by Gasteiger charge is 2.23. The molecule has 0 saturated heterocycles. The number of amides is 1. The average molecular weight is 391 g/mol. The monoisotopic (exact) mass is 390 g/mol. The molecule has 0 saturated carbocycles. The van der Waals surface area contributed by atoms with Crippen LogP contribution in [-0.2, 0) is 11.8 Å². The fourth-order valence-corrected chi connectivity index (χ4v) is 2.22. The SMILES string of the molecule is COc1cc(OC)cc(C(NC(=O)[C@@H](C)N)c2nccn2C)c1.Cl.Cl. The molecule has 1 aromatic heterocycles. The molecule has 7 nitrogen and oxygen atoms in total. The highest BCUT2D eigenvalue weighted by Crippen LogP contribution is 2.29. The number of nitrogens with two attached hydrogens (primary N) is 1. The number of benzene rings is 1. The van der Waals surface area contributed by atoms with E-state index in [1.807, 2.05) is 29.9 Å². The van der Waals surface area contributed by atoms with Crippen LogP contribution in [0.25, 0.3) is 0 Å².